The summed E-state index contributed by atoms with van der Waals surface area (Å²) in [4.78, 5) is 47.2. The van der Waals surface area contributed by atoms with Crippen molar-refractivity contribution in [3.63, 3.8) is 0 Å². The predicted octanol–water partition coefficient (Wildman–Crippen LogP) is 7.24. The first kappa shape index (κ1) is 37.4. The monoisotopic (exact) mass is 848 g/mol. The quantitative estimate of drug-likeness (QED) is 0.142. The first-order valence-electron chi connectivity index (χ1n) is 19.5. The number of aromatic nitrogens is 6. The van der Waals surface area contributed by atoms with Gasteiger partial charge in [-0.1, -0.05) is 43.2 Å². The van der Waals surface area contributed by atoms with Gasteiger partial charge in [0.15, 0.2) is 0 Å². The summed E-state index contributed by atoms with van der Waals surface area (Å²) in [5.41, 5.74) is 18.7. The molecule has 3 saturated carbocycles. The molecule has 58 heavy (non-hydrogen) atoms. The summed E-state index contributed by atoms with van der Waals surface area (Å²) in [7, 11) is -1.01. The number of hydrogen-bond acceptors (Lipinski definition) is 12. The molecule has 12 nitrogen and oxygen atoms in total. The highest BCUT2D eigenvalue weighted by Gasteiger charge is 2.39. The Balaban J connectivity index is 0.973. The second-order valence-corrected chi connectivity index (χ2v) is 21.4. The van der Waals surface area contributed by atoms with E-state index < -0.39 is 21.6 Å². The molecule has 3 fully saturated rings. The first-order valence-corrected chi connectivity index (χ1v) is 23.6. The summed E-state index contributed by atoms with van der Waals surface area (Å²) in [5.74, 6) is 0.241. The van der Waals surface area contributed by atoms with E-state index in [-0.39, 0.29) is 27.5 Å². The molecule has 0 aliphatic heterocycles. The molecule has 3 aliphatic carbocycles. The summed E-state index contributed by atoms with van der Waals surface area (Å²) < 4.78 is 32.3. The number of pyridine rings is 2. The van der Waals surface area contributed by atoms with Gasteiger partial charge in [0.2, 0.25) is 0 Å². The predicted molar refractivity (Wildman–Crippen MR) is 233 cm³/mol. The fourth-order valence-corrected chi connectivity index (χ4v) is 14.8. The van der Waals surface area contributed by atoms with Gasteiger partial charge in [-0.15, -0.1) is 22.7 Å². The molecule has 4 unspecified atom stereocenters. The van der Waals surface area contributed by atoms with E-state index in [1.165, 1.54) is 39.9 Å². The van der Waals surface area contributed by atoms with Gasteiger partial charge < -0.3 is 16.0 Å². The molecular formula is C42H40N8O4S4. The first-order chi connectivity index (χ1) is 28.2. The minimum Gasteiger partial charge on any atom is -0.396 e. The van der Waals surface area contributed by atoms with Crippen LogP contribution < -0.4 is 22.6 Å². The number of anilines is 2. The number of aryl methyl sites for hydroxylation is 1. The third-order valence-electron chi connectivity index (χ3n) is 12.2. The lowest BCUT2D eigenvalue weighted by molar-refractivity contribution is 0.281. The highest BCUT2D eigenvalue weighted by atomic mass is 32.2. The van der Waals surface area contributed by atoms with E-state index in [4.69, 9.17) is 21.4 Å². The van der Waals surface area contributed by atoms with Crippen LogP contribution in [0.4, 0.5) is 11.4 Å². The van der Waals surface area contributed by atoms with E-state index in [2.05, 4.69) is 9.97 Å². The minimum atomic E-state index is -1.45. The van der Waals surface area contributed by atoms with Crippen molar-refractivity contribution in [1.29, 1.82) is 0 Å². The maximum atomic E-state index is 14.5. The van der Waals surface area contributed by atoms with Crippen LogP contribution in [0, 0.1) is 5.92 Å². The van der Waals surface area contributed by atoms with Crippen LogP contribution in [0.1, 0.15) is 62.8 Å². The molecule has 6 heterocycles. The number of thiophene rings is 2. The maximum Gasteiger partial charge on any atom is 0.262 e. The standard InChI is InChI=1S/C42H40N8O4S4/c1-49-20-45-17-28(39(49)51)30-15-27(23-9-5-10-23)34-36(44)42(56-38(34)47-30)58(54)32-14-13-24(32)19-50-21-46-18-29(40(50)52)31-16-26(22-7-3-2-4-8-22)33-35(43)41(55-37(33)48-31)57(53)25-11-6-12-25/h2-4,7-8,15-18,20-21,23-25,32H,5-6,9-14,19,43-44H2,1H3. The summed E-state index contributed by atoms with van der Waals surface area (Å²) in [5, 5.41) is 1.47. The SMILES string of the molecule is Cn1cncc(-c2cc(C3CCC3)c3c(N)c(S(=O)C4CCC4Cn4cncc(-c5cc(-c6ccccc6)c6c(N)c(S(=O)C7CCC7)sc6n5)c4=O)sc3n2)c1=O. The van der Waals surface area contributed by atoms with Crippen LogP contribution in [-0.2, 0) is 35.2 Å². The Morgan fingerprint density at radius 3 is 2.03 bits per heavy atom. The van der Waals surface area contributed by atoms with Gasteiger partial charge in [0, 0.05) is 47.3 Å². The largest absolute Gasteiger partial charge is 0.396 e. The molecule has 0 spiro atoms. The molecule has 10 rings (SSSR count). The van der Waals surface area contributed by atoms with E-state index in [0.29, 0.717) is 64.4 Å². The van der Waals surface area contributed by atoms with Crippen LogP contribution in [0.25, 0.3) is 54.1 Å². The zero-order valence-electron chi connectivity index (χ0n) is 31.6. The Hall–Kier alpha value is -4.90. The van der Waals surface area contributed by atoms with Crippen LogP contribution in [-0.4, -0.2) is 48.0 Å². The molecule has 0 saturated heterocycles. The summed E-state index contributed by atoms with van der Waals surface area (Å²) >= 11 is 2.68. The molecule has 1 aromatic carbocycles. The zero-order chi connectivity index (χ0) is 39.8. The molecule has 4 N–H and O–H groups in total. The van der Waals surface area contributed by atoms with Gasteiger partial charge in [-0.05, 0) is 79.2 Å². The zero-order valence-corrected chi connectivity index (χ0v) is 34.9. The van der Waals surface area contributed by atoms with Crippen LogP contribution in [0.2, 0.25) is 0 Å². The Morgan fingerprint density at radius 2 is 1.38 bits per heavy atom. The molecule has 3 aliphatic rings. The average molecular weight is 849 g/mol. The summed E-state index contributed by atoms with van der Waals surface area (Å²) in [6.45, 7) is 0.338. The second kappa shape index (κ2) is 14.7. The minimum absolute atomic E-state index is 0.0512. The number of benzene rings is 1. The topological polar surface area (TPSA) is 182 Å². The third-order valence-corrected chi connectivity index (χ3v) is 18.9. The molecule has 4 atom stereocenters. The van der Waals surface area contributed by atoms with Crippen molar-refractivity contribution in [1.82, 2.24) is 29.1 Å². The van der Waals surface area contributed by atoms with Crippen molar-refractivity contribution in [2.24, 2.45) is 13.0 Å². The number of nitrogens with zero attached hydrogens (tertiary/aromatic N) is 6. The highest BCUT2D eigenvalue weighted by molar-refractivity contribution is 7.88. The molecule has 0 bridgehead atoms. The number of nitrogen functional groups attached to an aromatic ring is 2. The molecule has 0 amide bonds. The second-order valence-electron chi connectivity index (χ2n) is 15.6. The van der Waals surface area contributed by atoms with Gasteiger partial charge in [-0.3, -0.25) is 22.6 Å². The maximum absolute atomic E-state index is 14.5. The van der Waals surface area contributed by atoms with Crippen molar-refractivity contribution in [3.05, 3.63) is 93.8 Å². The molecule has 7 aromatic rings. The van der Waals surface area contributed by atoms with E-state index in [1.807, 2.05) is 42.5 Å². The number of rotatable bonds is 10. The fourth-order valence-electron chi connectivity index (χ4n) is 8.29. The van der Waals surface area contributed by atoms with Crippen molar-refractivity contribution in [2.45, 2.75) is 82.7 Å². The van der Waals surface area contributed by atoms with Crippen molar-refractivity contribution < 1.29 is 8.42 Å². The van der Waals surface area contributed by atoms with E-state index in [9.17, 15) is 18.0 Å². The van der Waals surface area contributed by atoms with Gasteiger partial charge in [-0.25, -0.2) is 19.9 Å². The van der Waals surface area contributed by atoms with E-state index >= 15 is 0 Å². The van der Waals surface area contributed by atoms with Gasteiger partial charge >= 0.3 is 0 Å². The summed E-state index contributed by atoms with van der Waals surface area (Å²) in [6, 6.07) is 13.7. The number of fused-ring (bicyclic) bond motifs is 2. The lowest BCUT2D eigenvalue weighted by Crippen LogP contribution is -2.40. The molecule has 296 valence electrons. The van der Waals surface area contributed by atoms with E-state index in [1.54, 1.807) is 24.0 Å². The normalized spacial score (nSPS) is 19.5. The van der Waals surface area contributed by atoms with Crippen LogP contribution in [0.5, 0.6) is 0 Å². The van der Waals surface area contributed by atoms with Crippen LogP contribution >= 0.6 is 22.7 Å². The van der Waals surface area contributed by atoms with Crippen LogP contribution in [0.15, 0.2) is 85.5 Å². The molecule has 0 radical (unpaired) electrons. The van der Waals surface area contributed by atoms with E-state index in [0.717, 1.165) is 78.8 Å². The molecule has 6 aromatic heterocycles. The average Bonchev–Trinajstić information content (AvgIpc) is 3.69. The Morgan fingerprint density at radius 1 is 0.741 bits per heavy atom. The van der Waals surface area contributed by atoms with Gasteiger partial charge in [0.05, 0.1) is 68.1 Å². The van der Waals surface area contributed by atoms with Gasteiger partial charge in [0.1, 0.15) is 18.1 Å². The van der Waals surface area contributed by atoms with Crippen LogP contribution in [0.3, 0.4) is 0 Å². The molecule has 16 heteroatoms. The fraction of sp³-hybridized carbons (Fsp3) is 0.333. The van der Waals surface area contributed by atoms with Crippen molar-refractivity contribution in [3.8, 4) is 33.6 Å². The van der Waals surface area contributed by atoms with Crippen molar-refractivity contribution >= 4 is 76.1 Å². The Kier molecular flexibility index (Phi) is 9.49. The Labute approximate surface area is 346 Å². The molecular weight excluding hydrogens is 809 g/mol. The highest BCUT2D eigenvalue weighted by Crippen LogP contribution is 2.49. The van der Waals surface area contributed by atoms with Gasteiger partial charge in [-0.2, -0.15) is 0 Å². The van der Waals surface area contributed by atoms with Gasteiger partial charge in [0.25, 0.3) is 11.1 Å². The lowest BCUT2D eigenvalue weighted by atomic mass is 9.79. The third kappa shape index (κ3) is 6.18. The smallest absolute Gasteiger partial charge is 0.262 e. The lowest BCUT2D eigenvalue weighted by Gasteiger charge is -2.35. The Bertz CT molecular complexity index is 2950. The number of hydrogen-bond donors (Lipinski definition) is 2. The summed E-state index contributed by atoms with van der Waals surface area (Å²) in [6.07, 6.45) is 13.7. The number of nitrogens with two attached hydrogens (primary N) is 2. The van der Waals surface area contributed by atoms with Crippen molar-refractivity contribution in [2.75, 3.05) is 11.5 Å².